The molecule has 0 unspecified atom stereocenters. The molecule has 8 nitrogen and oxygen atoms in total. The number of nitrogens with zero attached hydrogens (tertiary/aromatic N) is 1. The molecule has 0 saturated carbocycles. The van der Waals surface area contributed by atoms with E-state index >= 15 is 0 Å². The van der Waals surface area contributed by atoms with Gasteiger partial charge in [-0.15, -0.1) is 0 Å². The Balaban J connectivity index is 1.75. The van der Waals surface area contributed by atoms with Gasteiger partial charge < -0.3 is 20.1 Å². The summed E-state index contributed by atoms with van der Waals surface area (Å²) in [7, 11) is 0. The summed E-state index contributed by atoms with van der Waals surface area (Å²) in [5.41, 5.74) is 2.12. The van der Waals surface area contributed by atoms with Gasteiger partial charge in [0.25, 0.3) is 0 Å². The number of halogens is 2. The number of nitrogens with one attached hydrogen (secondary N) is 3. The van der Waals surface area contributed by atoms with Crippen molar-refractivity contribution in [3.05, 3.63) is 94.3 Å². The molecule has 0 bridgehead atoms. The number of carbonyl (C=O) groups excluding carboxylic acids is 2. The first-order valence-electron chi connectivity index (χ1n) is 12.1. The number of esters is 1. The second kappa shape index (κ2) is 14.0. The first-order chi connectivity index (χ1) is 18.2. The van der Waals surface area contributed by atoms with Crippen molar-refractivity contribution in [3.63, 3.8) is 0 Å². The average molecular weight is 541 g/mol. The number of hydrogen-bond acceptors (Lipinski definition) is 5. The summed E-state index contributed by atoms with van der Waals surface area (Å²) >= 11 is 5.96. The molecule has 0 aromatic heterocycles. The molecule has 0 atom stereocenters. The van der Waals surface area contributed by atoms with E-state index in [1.165, 1.54) is 12.1 Å². The first kappa shape index (κ1) is 28.5. The minimum absolute atomic E-state index is 0.0706. The third-order valence-electron chi connectivity index (χ3n) is 5.08. The Morgan fingerprint density at radius 2 is 1.74 bits per heavy atom. The fraction of sp³-hybridized carbons (Fsp3) is 0.250. The molecular weight excluding hydrogens is 511 g/mol. The molecule has 3 aromatic rings. The molecule has 3 rings (SSSR count). The Hall–Kier alpha value is -4.11. The van der Waals surface area contributed by atoms with E-state index in [0.717, 1.165) is 5.56 Å². The lowest BCUT2D eigenvalue weighted by molar-refractivity contribution is 0.0525. The minimum atomic E-state index is -0.578. The molecule has 0 aliphatic heterocycles. The van der Waals surface area contributed by atoms with Crippen LogP contribution in [0.3, 0.4) is 0 Å². The van der Waals surface area contributed by atoms with Gasteiger partial charge in [0.1, 0.15) is 0 Å². The van der Waals surface area contributed by atoms with Gasteiger partial charge in [-0.1, -0.05) is 41.9 Å². The summed E-state index contributed by atoms with van der Waals surface area (Å²) < 4.78 is 25.0. The molecule has 0 saturated heterocycles. The van der Waals surface area contributed by atoms with E-state index in [9.17, 15) is 14.0 Å². The molecule has 0 spiro atoms. The summed E-state index contributed by atoms with van der Waals surface area (Å²) in [4.78, 5) is 29.3. The van der Waals surface area contributed by atoms with E-state index in [-0.39, 0.29) is 36.7 Å². The summed E-state index contributed by atoms with van der Waals surface area (Å²) in [5, 5.41) is 9.01. The highest BCUT2D eigenvalue weighted by atomic mass is 35.5. The van der Waals surface area contributed by atoms with Crippen molar-refractivity contribution in [1.29, 1.82) is 0 Å². The Bertz CT molecular complexity index is 1280. The lowest BCUT2D eigenvalue weighted by Gasteiger charge is -2.14. The highest BCUT2D eigenvalue weighted by Crippen LogP contribution is 2.24. The number of rotatable bonds is 9. The van der Waals surface area contributed by atoms with Crippen LogP contribution in [0.1, 0.15) is 42.3 Å². The number of hydrogen-bond donors (Lipinski definition) is 3. The van der Waals surface area contributed by atoms with Crippen molar-refractivity contribution >= 4 is 35.2 Å². The predicted molar refractivity (Wildman–Crippen MR) is 145 cm³/mol. The summed E-state index contributed by atoms with van der Waals surface area (Å²) in [5.74, 6) is -0.838. The smallest absolute Gasteiger partial charge is 0.338 e. The van der Waals surface area contributed by atoms with Gasteiger partial charge in [-0.3, -0.25) is 5.32 Å². The van der Waals surface area contributed by atoms with Crippen molar-refractivity contribution in [2.45, 2.75) is 40.0 Å². The summed E-state index contributed by atoms with van der Waals surface area (Å²) in [6.07, 6.45) is -0.185. The average Bonchev–Trinajstić information content (AvgIpc) is 2.88. The van der Waals surface area contributed by atoms with Crippen molar-refractivity contribution in [1.82, 2.24) is 16.0 Å². The van der Waals surface area contributed by atoms with Gasteiger partial charge in [0.2, 0.25) is 5.96 Å². The predicted octanol–water partition coefficient (Wildman–Crippen LogP) is 5.72. The van der Waals surface area contributed by atoms with Crippen LogP contribution in [-0.2, 0) is 17.8 Å². The SMILES string of the molecule is CCOC(=O)c1ccccc1CNC(=O)N/C(=N\c1ccc(OC(C)C)c(F)c1)NCc1ccc(Cl)cc1. The van der Waals surface area contributed by atoms with Crippen LogP contribution < -0.4 is 20.7 Å². The van der Waals surface area contributed by atoms with Gasteiger partial charge in [-0.25, -0.2) is 19.0 Å². The van der Waals surface area contributed by atoms with Gasteiger partial charge in [0.05, 0.1) is 24.0 Å². The topological polar surface area (TPSA) is 101 Å². The van der Waals surface area contributed by atoms with Crippen LogP contribution in [0.25, 0.3) is 0 Å². The van der Waals surface area contributed by atoms with E-state index in [1.54, 1.807) is 63.2 Å². The molecule has 10 heteroatoms. The van der Waals surface area contributed by atoms with E-state index < -0.39 is 17.8 Å². The number of carbonyl (C=O) groups is 2. The Morgan fingerprint density at radius 1 is 1.00 bits per heavy atom. The van der Waals surface area contributed by atoms with E-state index in [1.807, 2.05) is 12.1 Å². The van der Waals surface area contributed by atoms with Crippen LogP contribution in [0.15, 0.2) is 71.7 Å². The molecule has 38 heavy (non-hydrogen) atoms. The molecular formula is C28H30ClFN4O4. The fourth-order valence-electron chi connectivity index (χ4n) is 3.35. The molecule has 0 aliphatic rings. The second-order valence-corrected chi connectivity index (χ2v) is 8.84. The Kier molecular flexibility index (Phi) is 10.5. The van der Waals surface area contributed by atoms with Crippen molar-refractivity contribution < 1.29 is 23.5 Å². The quantitative estimate of drug-likeness (QED) is 0.183. The van der Waals surface area contributed by atoms with Crippen LogP contribution in [0.4, 0.5) is 14.9 Å². The third kappa shape index (κ3) is 8.77. The van der Waals surface area contributed by atoms with Crippen LogP contribution >= 0.6 is 11.6 Å². The summed E-state index contributed by atoms with van der Waals surface area (Å²) in [6.45, 7) is 5.96. The molecule has 0 heterocycles. The van der Waals surface area contributed by atoms with Gasteiger partial charge in [0.15, 0.2) is 11.6 Å². The molecule has 0 radical (unpaired) electrons. The van der Waals surface area contributed by atoms with Crippen LogP contribution in [0.5, 0.6) is 5.75 Å². The maximum absolute atomic E-state index is 14.5. The number of benzene rings is 3. The minimum Gasteiger partial charge on any atom is -0.488 e. The maximum atomic E-state index is 14.5. The first-order valence-corrected chi connectivity index (χ1v) is 12.5. The molecule has 0 fully saturated rings. The van der Waals surface area contributed by atoms with E-state index in [4.69, 9.17) is 21.1 Å². The van der Waals surface area contributed by atoms with E-state index in [0.29, 0.717) is 22.7 Å². The number of ether oxygens (including phenoxy) is 2. The van der Waals surface area contributed by atoms with Gasteiger partial charge in [0, 0.05) is 24.2 Å². The third-order valence-corrected chi connectivity index (χ3v) is 5.33. The van der Waals surface area contributed by atoms with Crippen LogP contribution in [0.2, 0.25) is 5.02 Å². The number of urea groups is 1. The molecule has 3 aromatic carbocycles. The van der Waals surface area contributed by atoms with Crippen molar-refractivity contribution in [2.24, 2.45) is 4.99 Å². The van der Waals surface area contributed by atoms with E-state index in [2.05, 4.69) is 20.9 Å². The zero-order valence-corrected chi connectivity index (χ0v) is 22.1. The highest BCUT2D eigenvalue weighted by molar-refractivity contribution is 6.30. The molecule has 2 amide bonds. The number of guanidine groups is 1. The molecule has 200 valence electrons. The molecule has 0 aliphatic carbocycles. The Morgan fingerprint density at radius 3 is 2.42 bits per heavy atom. The zero-order valence-electron chi connectivity index (χ0n) is 21.4. The second-order valence-electron chi connectivity index (χ2n) is 8.41. The number of aliphatic imine (C=N–C) groups is 1. The van der Waals surface area contributed by atoms with Crippen LogP contribution in [0, 0.1) is 5.82 Å². The van der Waals surface area contributed by atoms with Gasteiger partial charge >= 0.3 is 12.0 Å². The number of amides is 2. The van der Waals surface area contributed by atoms with Crippen molar-refractivity contribution in [2.75, 3.05) is 6.61 Å². The Labute approximate surface area is 226 Å². The van der Waals surface area contributed by atoms with Crippen LogP contribution in [-0.4, -0.2) is 30.7 Å². The fourth-order valence-corrected chi connectivity index (χ4v) is 3.47. The van der Waals surface area contributed by atoms with Gasteiger partial charge in [-0.2, -0.15) is 0 Å². The summed E-state index contributed by atoms with van der Waals surface area (Å²) in [6, 6.07) is 17.7. The monoisotopic (exact) mass is 540 g/mol. The molecule has 3 N–H and O–H groups in total. The highest BCUT2D eigenvalue weighted by Gasteiger charge is 2.14. The largest absolute Gasteiger partial charge is 0.488 e. The van der Waals surface area contributed by atoms with Crippen molar-refractivity contribution in [3.8, 4) is 5.75 Å². The maximum Gasteiger partial charge on any atom is 0.338 e. The van der Waals surface area contributed by atoms with Gasteiger partial charge in [-0.05, 0) is 62.2 Å². The normalized spacial score (nSPS) is 11.2. The lowest BCUT2D eigenvalue weighted by Crippen LogP contribution is -2.45. The standard InChI is InChI=1S/C28H30ClFN4O4/c1-4-37-26(35)23-8-6-5-7-20(23)17-32-28(36)34-27(31-16-19-9-11-21(29)12-10-19)33-22-13-14-25(24(30)15-22)38-18(2)3/h5-15,18H,4,16-17H2,1-3H3,(H3,31,32,33,34,36). The lowest BCUT2D eigenvalue weighted by atomic mass is 10.1. The zero-order chi connectivity index (χ0) is 27.5.